The van der Waals surface area contributed by atoms with Gasteiger partial charge in [-0.1, -0.05) is 19.9 Å². The molecular weight excluding hydrogens is 396 g/mol. The molecule has 6 nitrogen and oxygen atoms in total. The van der Waals surface area contributed by atoms with Crippen molar-refractivity contribution in [3.8, 4) is 0 Å². The number of nitrogens with one attached hydrogen (secondary N) is 1. The maximum Gasteiger partial charge on any atom is 0.227 e. The fourth-order valence-electron chi connectivity index (χ4n) is 4.08. The van der Waals surface area contributed by atoms with Crippen LogP contribution >= 0.6 is 11.3 Å². The first-order chi connectivity index (χ1) is 14.3. The second-order valence-corrected chi connectivity index (χ2v) is 9.71. The highest BCUT2D eigenvalue weighted by atomic mass is 32.1. The number of nitrogens with zero attached hydrogens (tertiary/aromatic N) is 3. The summed E-state index contributed by atoms with van der Waals surface area (Å²) in [6.07, 6.45) is 2.75. The molecule has 2 aromatic heterocycles. The van der Waals surface area contributed by atoms with E-state index in [0.717, 1.165) is 42.8 Å². The number of rotatable bonds is 8. The molecule has 0 aromatic carbocycles. The molecule has 3 heterocycles. The molecule has 0 saturated carbocycles. The molecular formula is C23H34N4O2S. The third kappa shape index (κ3) is 5.72. The Labute approximate surface area is 183 Å². The number of amides is 2. The fraction of sp³-hybridized carbons (Fsp3) is 0.609. The lowest BCUT2D eigenvalue weighted by atomic mass is 9.95. The number of carbonyl (C=O) groups excluding carboxylic acids is 2. The Balaban J connectivity index is 1.46. The molecule has 1 N–H and O–H groups in total. The minimum absolute atomic E-state index is 0.00894. The number of aromatic nitrogens is 2. The van der Waals surface area contributed by atoms with Gasteiger partial charge in [-0.2, -0.15) is 5.10 Å². The third-order valence-electron chi connectivity index (χ3n) is 5.87. The van der Waals surface area contributed by atoms with Crippen LogP contribution in [0, 0.1) is 25.7 Å². The summed E-state index contributed by atoms with van der Waals surface area (Å²) < 4.78 is 2.02. The van der Waals surface area contributed by atoms with Crippen LogP contribution in [0.25, 0.3) is 0 Å². The van der Waals surface area contributed by atoms with Crippen molar-refractivity contribution in [2.75, 3.05) is 19.6 Å². The van der Waals surface area contributed by atoms with Crippen LogP contribution in [-0.2, 0) is 29.0 Å². The van der Waals surface area contributed by atoms with Crippen LogP contribution in [0.15, 0.2) is 17.5 Å². The summed E-state index contributed by atoms with van der Waals surface area (Å²) in [4.78, 5) is 28.5. The van der Waals surface area contributed by atoms with Gasteiger partial charge in [-0.3, -0.25) is 14.3 Å². The molecule has 30 heavy (non-hydrogen) atoms. The first-order valence-electron chi connectivity index (χ1n) is 11.0. The highest BCUT2D eigenvalue weighted by molar-refractivity contribution is 7.09. The van der Waals surface area contributed by atoms with E-state index in [2.05, 4.69) is 42.6 Å². The average molecular weight is 431 g/mol. The largest absolute Gasteiger partial charge is 0.355 e. The van der Waals surface area contributed by atoms with Gasteiger partial charge in [0.2, 0.25) is 11.8 Å². The van der Waals surface area contributed by atoms with Gasteiger partial charge in [-0.15, -0.1) is 11.3 Å². The van der Waals surface area contributed by atoms with Gasteiger partial charge in [0, 0.05) is 48.2 Å². The summed E-state index contributed by atoms with van der Waals surface area (Å²) in [5, 5.41) is 9.74. The van der Waals surface area contributed by atoms with E-state index in [0.29, 0.717) is 32.0 Å². The lowest BCUT2D eigenvalue weighted by molar-refractivity contribution is -0.135. The fourth-order valence-corrected chi connectivity index (χ4v) is 4.78. The minimum Gasteiger partial charge on any atom is -0.355 e. The van der Waals surface area contributed by atoms with Crippen molar-refractivity contribution in [2.45, 2.75) is 59.9 Å². The molecule has 1 saturated heterocycles. The Morgan fingerprint density at radius 2 is 2.00 bits per heavy atom. The zero-order valence-electron chi connectivity index (χ0n) is 18.6. The van der Waals surface area contributed by atoms with Crippen LogP contribution in [0.2, 0.25) is 0 Å². The Bertz CT molecular complexity index is 849. The molecule has 1 aliphatic rings. The van der Waals surface area contributed by atoms with E-state index in [-0.39, 0.29) is 17.7 Å². The highest BCUT2D eigenvalue weighted by Crippen LogP contribution is 2.21. The van der Waals surface area contributed by atoms with Crippen molar-refractivity contribution in [1.29, 1.82) is 0 Å². The number of carbonyl (C=O) groups is 2. The van der Waals surface area contributed by atoms with Crippen LogP contribution in [0.4, 0.5) is 0 Å². The molecule has 1 aliphatic heterocycles. The lowest BCUT2D eigenvalue weighted by Crippen LogP contribution is -2.43. The molecule has 1 fully saturated rings. The second kappa shape index (κ2) is 10.2. The Kier molecular flexibility index (Phi) is 7.69. The molecule has 0 bridgehead atoms. The number of hydrogen-bond donors (Lipinski definition) is 1. The second-order valence-electron chi connectivity index (χ2n) is 8.68. The van der Waals surface area contributed by atoms with Crippen LogP contribution in [0.3, 0.4) is 0 Å². The zero-order chi connectivity index (χ0) is 21.7. The van der Waals surface area contributed by atoms with E-state index in [1.54, 1.807) is 11.3 Å². The predicted octanol–water partition coefficient (Wildman–Crippen LogP) is 3.36. The number of likely N-dealkylation sites (tertiary alicyclic amines) is 1. The molecule has 2 aromatic rings. The van der Waals surface area contributed by atoms with E-state index >= 15 is 0 Å². The molecule has 0 unspecified atom stereocenters. The van der Waals surface area contributed by atoms with Crippen LogP contribution in [0.1, 0.15) is 48.5 Å². The van der Waals surface area contributed by atoms with E-state index in [1.165, 1.54) is 4.88 Å². The van der Waals surface area contributed by atoms with Crippen molar-refractivity contribution < 1.29 is 9.59 Å². The summed E-state index contributed by atoms with van der Waals surface area (Å²) in [5.74, 6) is 0.791. The van der Waals surface area contributed by atoms with Gasteiger partial charge in [-0.25, -0.2) is 0 Å². The number of hydrogen-bond acceptors (Lipinski definition) is 4. The molecule has 0 spiro atoms. The number of aryl methyl sites for hydroxylation is 1. The summed E-state index contributed by atoms with van der Waals surface area (Å²) in [5.41, 5.74) is 3.09. The smallest absolute Gasteiger partial charge is 0.227 e. The Morgan fingerprint density at radius 3 is 2.63 bits per heavy atom. The van der Waals surface area contributed by atoms with Crippen molar-refractivity contribution in [3.05, 3.63) is 39.3 Å². The van der Waals surface area contributed by atoms with E-state index in [1.807, 2.05) is 22.6 Å². The maximum atomic E-state index is 12.9. The van der Waals surface area contributed by atoms with Gasteiger partial charge >= 0.3 is 0 Å². The van der Waals surface area contributed by atoms with Crippen molar-refractivity contribution in [2.24, 2.45) is 11.8 Å². The van der Waals surface area contributed by atoms with Gasteiger partial charge in [-0.05, 0) is 50.5 Å². The molecule has 0 aliphatic carbocycles. The van der Waals surface area contributed by atoms with Gasteiger partial charge in [0.25, 0.3) is 0 Å². The van der Waals surface area contributed by atoms with Crippen LogP contribution < -0.4 is 5.32 Å². The van der Waals surface area contributed by atoms with Gasteiger partial charge in [0.1, 0.15) is 0 Å². The van der Waals surface area contributed by atoms with E-state index in [4.69, 9.17) is 0 Å². The Hall–Kier alpha value is -2.15. The number of piperidine rings is 1. The van der Waals surface area contributed by atoms with Crippen LogP contribution in [0.5, 0.6) is 0 Å². The first-order valence-corrected chi connectivity index (χ1v) is 11.8. The Morgan fingerprint density at radius 1 is 1.27 bits per heavy atom. The SMILES string of the molecule is Cc1nn(CC(C)C)c(C)c1CC(=O)N1CCC(C(=O)NCCc2cccs2)CC1. The summed E-state index contributed by atoms with van der Waals surface area (Å²) in [6.45, 7) is 11.2. The normalized spacial score (nSPS) is 15.0. The first kappa shape index (κ1) is 22.5. The molecule has 0 radical (unpaired) electrons. The minimum atomic E-state index is 0.00894. The molecule has 3 rings (SSSR count). The van der Waals surface area contributed by atoms with Crippen molar-refractivity contribution in [3.63, 3.8) is 0 Å². The van der Waals surface area contributed by atoms with Crippen molar-refractivity contribution >= 4 is 23.2 Å². The quantitative estimate of drug-likeness (QED) is 0.698. The maximum absolute atomic E-state index is 12.9. The molecule has 0 atom stereocenters. The highest BCUT2D eigenvalue weighted by Gasteiger charge is 2.28. The van der Waals surface area contributed by atoms with E-state index < -0.39 is 0 Å². The zero-order valence-corrected chi connectivity index (χ0v) is 19.4. The standard InChI is InChI=1S/C23H34N4O2S/c1-16(2)15-27-18(4)21(17(3)25-27)14-22(28)26-11-8-19(9-12-26)23(29)24-10-7-20-6-5-13-30-20/h5-6,13,16,19H,7-12,14-15H2,1-4H3,(H,24,29). The van der Waals surface area contributed by atoms with Gasteiger partial charge < -0.3 is 10.2 Å². The van der Waals surface area contributed by atoms with Gasteiger partial charge in [0.15, 0.2) is 0 Å². The summed E-state index contributed by atoms with van der Waals surface area (Å²) in [7, 11) is 0. The molecule has 2 amide bonds. The summed E-state index contributed by atoms with van der Waals surface area (Å²) in [6, 6.07) is 4.13. The van der Waals surface area contributed by atoms with Crippen LogP contribution in [-0.4, -0.2) is 46.1 Å². The number of thiophene rings is 1. The third-order valence-corrected chi connectivity index (χ3v) is 6.80. The molecule has 7 heteroatoms. The average Bonchev–Trinajstić information content (AvgIpc) is 3.32. The topological polar surface area (TPSA) is 67.2 Å². The van der Waals surface area contributed by atoms with E-state index in [9.17, 15) is 9.59 Å². The lowest BCUT2D eigenvalue weighted by Gasteiger charge is -2.31. The monoisotopic (exact) mass is 430 g/mol. The predicted molar refractivity (Wildman–Crippen MR) is 121 cm³/mol. The van der Waals surface area contributed by atoms with Crippen molar-refractivity contribution in [1.82, 2.24) is 20.0 Å². The van der Waals surface area contributed by atoms with Gasteiger partial charge in [0.05, 0.1) is 12.1 Å². The summed E-state index contributed by atoms with van der Waals surface area (Å²) >= 11 is 1.72. The molecule has 164 valence electrons.